The number of cyclic esters (lactones) is 1. The molecule has 0 aliphatic carbocycles. The van der Waals surface area contributed by atoms with Crippen molar-refractivity contribution < 1.29 is 37.8 Å². The third kappa shape index (κ3) is 9.91. The summed E-state index contributed by atoms with van der Waals surface area (Å²) in [6.07, 6.45) is 3.12. The van der Waals surface area contributed by atoms with Crippen LogP contribution in [0, 0.1) is 11.3 Å². The SMILES string of the molecule is C=C(F)C(=O)N1CC(N(C)C(=O)N(C)[C@H](C(=O)N[C@H]2Cc3nc(cs3)-c3ccc4c(c3)c(c(-c3cccnc3[C@H](C)OC)n4CC)CC(C)(C)COC(=O)[C@@]3([SiH3])CCCN(N3)C2=O)C(C)C)C1. The number of likely N-dealkylation sites (tertiary alicyclic amines) is 1. The molecule has 0 unspecified atom stereocenters. The minimum absolute atomic E-state index is 0.0414. The zero-order chi connectivity index (χ0) is 48.7. The predicted octanol–water partition coefficient (Wildman–Crippen LogP) is 4.60. The van der Waals surface area contributed by atoms with Crippen molar-refractivity contribution in [2.24, 2.45) is 11.3 Å². The Morgan fingerprint density at radius 1 is 1.16 bits per heavy atom. The molecule has 2 fully saturated rings. The lowest BCUT2D eigenvalue weighted by molar-refractivity contribution is -0.158. The lowest BCUT2D eigenvalue weighted by atomic mass is 9.84. The molecular formula is C48H64FN9O7SSi. The average Bonchev–Trinajstić information content (AvgIpc) is 3.87. The van der Waals surface area contributed by atoms with Crippen molar-refractivity contribution in [1.29, 1.82) is 0 Å². The van der Waals surface area contributed by atoms with Gasteiger partial charge in [-0.15, -0.1) is 11.3 Å². The third-order valence-corrected chi connectivity index (χ3v) is 15.4. The molecule has 6 heterocycles. The number of pyridine rings is 1. The van der Waals surface area contributed by atoms with Gasteiger partial charge in [0, 0.05) is 103 Å². The lowest BCUT2D eigenvalue weighted by Crippen LogP contribution is -2.68. The number of fused-ring (bicyclic) bond motifs is 6. The zero-order valence-electron chi connectivity index (χ0n) is 40.3. The fraction of sp³-hybridized carbons (Fsp3) is 0.521. The summed E-state index contributed by atoms with van der Waals surface area (Å²) < 4.78 is 27.8. The van der Waals surface area contributed by atoms with Crippen molar-refractivity contribution >= 4 is 62.2 Å². The number of carbonyl (C=O) groups excluding carboxylic acids is 5. The maximum Gasteiger partial charge on any atom is 0.323 e. The van der Waals surface area contributed by atoms with E-state index in [4.69, 9.17) is 19.4 Å². The van der Waals surface area contributed by atoms with E-state index in [1.54, 1.807) is 20.4 Å². The number of nitrogens with one attached hydrogen (secondary N) is 2. The number of urea groups is 1. The quantitative estimate of drug-likeness (QED) is 0.130. The Morgan fingerprint density at radius 3 is 2.57 bits per heavy atom. The number of hydrogen-bond donors (Lipinski definition) is 2. The summed E-state index contributed by atoms with van der Waals surface area (Å²) in [7, 11) is 5.10. The first-order chi connectivity index (χ1) is 31.7. The van der Waals surface area contributed by atoms with E-state index >= 15 is 0 Å². The summed E-state index contributed by atoms with van der Waals surface area (Å²) in [4.78, 5) is 83.3. The molecule has 4 atom stereocenters. The van der Waals surface area contributed by atoms with Gasteiger partial charge in [-0.2, -0.15) is 0 Å². The van der Waals surface area contributed by atoms with Crippen LogP contribution in [0.4, 0.5) is 9.18 Å². The van der Waals surface area contributed by atoms with E-state index in [-0.39, 0.29) is 38.1 Å². The molecule has 0 saturated carbocycles. The molecule has 3 aromatic heterocycles. The normalized spacial score (nSPS) is 21.0. The molecule has 3 aliphatic rings. The van der Waals surface area contributed by atoms with Crippen LogP contribution in [0.2, 0.25) is 0 Å². The summed E-state index contributed by atoms with van der Waals surface area (Å²) in [6.45, 7) is 16.3. The van der Waals surface area contributed by atoms with E-state index in [2.05, 4.69) is 66.9 Å². The minimum Gasteiger partial charge on any atom is -0.464 e. The topological polar surface area (TPSA) is 172 Å². The van der Waals surface area contributed by atoms with Crippen molar-refractivity contribution in [2.75, 3.05) is 47.4 Å². The molecule has 16 nitrogen and oxygen atoms in total. The molecular weight excluding hydrogens is 894 g/mol. The number of thiazole rings is 1. The summed E-state index contributed by atoms with van der Waals surface area (Å²) in [6, 6.07) is 7.35. The smallest absolute Gasteiger partial charge is 0.323 e. The Hall–Kier alpha value is -5.50. The maximum atomic E-state index is 14.8. The van der Waals surface area contributed by atoms with Crippen LogP contribution in [0.25, 0.3) is 33.4 Å². The van der Waals surface area contributed by atoms with Crippen molar-refractivity contribution in [3.8, 4) is 22.5 Å². The number of rotatable bonds is 10. The van der Waals surface area contributed by atoms with Gasteiger partial charge < -0.3 is 34.1 Å². The number of nitrogens with zero attached hydrogens (tertiary/aromatic N) is 7. The molecule has 0 spiro atoms. The molecule has 360 valence electrons. The molecule has 4 aromatic rings. The second-order valence-corrected chi connectivity index (χ2v) is 22.1. The maximum absolute atomic E-state index is 14.8. The van der Waals surface area contributed by atoms with Crippen molar-refractivity contribution in [3.63, 3.8) is 0 Å². The van der Waals surface area contributed by atoms with E-state index < -0.39 is 64.3 Å². The molecule has 6 bridgehead atoms. The van der Waals surface area contributed by atoms with Crippen LogP contribution >= 0.6 is 11.3 Å². The number of benzene rings is 1. The van der Waals surface area contributed by atoms with Crippen LogP contribution < -0.4 is 10.7 Å². The van der Waals surface area contributed by atoms with Crippen LogP contribution in [0.1, 0.15) is 76.8 Å². The number of methoxy groups -OCH3 is 1. The number of halogens is 1. The number of likely N-dealkylation sites (N-methyl/N-ethyl adjacent to an activating group) is 2. The first-order valence-corrected chi connectivity index (χ1v) is 24.8. The van der Waals surface area contributed by atoms with Gasteiger partial charge in [0.25, 0.3) is 11.8 Å². The number of carbonyl (C=O) groups is 5. The Morgan fingerprint density at radius 2 is 1.90 bits per heavy atom. The van der Waals surface area contributed by atoms with Gasteiger partial charge in [-0.25, -0.2) is 19.6 Å². The first-order valence-electron chi connectivity index (χ1n) is 23.0. The third-order valence-electron chi connectivity index (χ3n) is 13.4. The number of hydrazine groups is 1. The largest absolute Gasteiger partial charge is 0.464 e. The molecule has 2 N–H and O–H groups in total. The highest BCUT2D eigenvalue weighted by atomic mass is 32.1. The summed E-state index contributed by atoms with van der Waals surface area (Å²) in [5, 5.41) is 6.91. The van der Waals surface area contributed by atoms with Gasteiger partial charge >= 0.3 is 12.0 Å². The van der Waals surface area contributed by atoms with Crippen LogP contribution in [0.5, 0.6) is 0 Å². The van der Waals surface area contributed by atoms with E-state index in [1.807, 2.05) is 32.2 Å². The monoisotopic (exact) mass is 957 g/mol. The van der Waals surface area contributed by atoms with Crippen molar-refractivity contribution in [3.05, 3.63) is 70.6 Å². The Balaban J connectivity index is 1.26. The molecule has 1 aromatic carbocycles. The van der Waals surface area contributed by atoms with Gasteiger partial charge in [-0.1, -0.05) is 40.3 Å². The highest BCUT2D eigenvalue weighted by Gasteiger charge is 2.44. The van der Waals surface area contributed by atoms with Gasteiger partial charge in [-0.05, 0) is 68.9 Å². The molecule has 3 aliphatic heterocycles. The fourth-order valence-corrected chi connectivity index (χ4v) is 11.2. The molecule has 5 amide bonds. The summed E-state index contributed by atoms with van der Waals surface area (Å²) >= 11 is 1.39. The van der Waals surface area contributed by atoms with Crippen LogP contribution in [-0.4, -0.2) is 145 Å². The average molecular weight is 958 g/mol. The molecule has 67 heavy (non-hydrogen) atoms. The van der Waals surface area contributed by atoms with Gasteiger partial charge in [0.2, 0.25) is 5.91 Å². The second-order valence-electron chi connectivity index (χ2n) is 19.4. The Labute approximate surface area is 398 Å². The van der Waals surface area contributed by atoms with Gasteiger partial charge in [-0.3, -0.25) is 29.2 Å². The fourth-order valence-electron chi connectivity index (χ4n) is 9.56. The van der Waals surface area contributed by atoms with Crippen LogP contribution in [0.3, 0.4) is 0 Å². The molecule has 2 saturated heterocycles. The predicted molar refractivity (Wildman–Crippen MR) is 258 cm³/mol. The minimum atomic E-state index is -1.13. The molecule has 0 radical (unpaired) electrons. The highest BCUT2D eigenvalue weighted by Crippen LogP contribution is 2.42. The standard InChI is InChI=1S/C48H64FN9O7SSi/c1-11-57-37-16-15-30-20-33(37)34(41(57)32-14-12-18-50-39(32)29(5)64-10)22-47(6,7)26-65-45(62)48(67)17-13-19-58(53-48)44(61)35(21-38-51-36(30)25-66-38)52-42(59)40(27(2)3)55(9)46(63)54(8)31-23-56(24-31)43(60)28(4)49/h12,14-16,18,20,25,27,29,31,35,40,53H,4,11,13,17,19,21-24,26H2,1-3,5-10,67H3,(H,52,59)/t29-,35-,40-,48-/m0/s1. The first kappa shape index (κ1) is 49.4. The number of aryl methyl sites for hydroxylation is 1. The summed E-state index contributed by atoms with van der Waals surface area (Å²) in [5.41, 5.74) is 9.26. The Kier molecular flexibility index (Phi) is 14.5. The van der Waals surface area contributed by atoms with E-state index in [9.17, 15) is 28.4 Å². The van der Waals surface area contributed by atoms with Crippen LogP contribution in [-0.2, 0) is 48.0 Å². The van der Waals surface area contributed by atoms with Crippen molar-refractivity contribution in [2.45, 2.75) is 103 Å². The van der Waals surface area contributed by atoms with Gasteiger partial charge in [0.15, 0.2) is 5.83 Å². The number of amides is 5. The van der Waals surface area contributed by atoms with E-state index in [0.29, 0.717) is 47.6 Å². The lowest BCUT2D eigenvalue weighted by Gasteiger charge is -2.45. The zero-order valence-corrected chi connectivity index (χ0v) is 43.1. The van der Waals surface area contributed by atoms with Gasteiger partial charge in [0.1, 0.15) is 17.2 Å². The Bertz CT molecular complexity index is 2580. The van der Waals surface area contributed by atoms with Crippen molar-refractivity contribution in [1.82, 2.24) is 45.0 Å². The molecule has 19 heteroatoms. The second kappa shape index (κ2) is 19.6. The number of esters is 1. The van der Waals surface area contributed by atoms with E-state index in [1.165, 1.54) is 38.1 Å². The summed E-state index contributed by atoms with van der Waals surface area (Å²) in [5.74, 6) is -3.69. The number of aromatic nitrogens is 3. The van der Waals surface area contributed by atoms with E-state index in [0.717, 1.165) is 44.7 Å². The van der Waals surface area contributed by atoms with Gasteiger partial charge in [0.05, 0.1) is 40.8 Å². The highest BCUT2D eigenvalue weighted by molar-refractivity contribution is 7.10. The number of hydrogen-bond acceptors (Lipinski definition) is 11. The van der Waals surface area contributed by atoms with Crippen LogP contribution in [0.15, 0.2) is 54.3 Å². The number of ether oxygens (including phenoxy) is 2. The molecule has 7 rings (SSSR count).